The first kappa shape index (κ1) is 15.3. The second kappa shape index (κ2) is 4.66. The van der Waals surface area contributed by atoms with Crippen LogP contribution in [-0.2, 0) is 4.79 Å². The summed E-state index contributed by atoms with van der Waals surface area (Å²) < 4.78 is 14.9. The Bertz CT molecular complexity index is 661. The van der Waals surface area contributed by atoms with Gasteiger partial charge in [0, 0.05) is 10.8 Å². The van der Waals surface area contributed by atoms with Gasteiger partial charge in [-0.1, -0.05) is 31.6 Å². The summed E-state index contributed by atoms with van der Waals surface area (Å²) in [6, 6.07) is 0. The summed E-state index contributed by atoms with van der Waals surface area (Å²) in [6.45, 7) is 6.32. The monoisotopic (exact) mass is 316 g/mol. The Hall–Kier alpha value is -1.22. The molecule has 4 aliphatic carbocycles. The van der Waals surface area contributed by atoms with Crippen LogP contribution in [0.25, 0.3) is 0 Å². The topological polar surface area (TPSA) is 37.3 Å². The molecular formula is C20H25FO2. The van der Waals surface area contributed by atoms with Gasteiger partial charge in [-0.3, -0.25) is 4.79 Å². The molecule has 0 saturated heterocycles. The summed E-state index contributed by atoms with van der Waals surface area (Å²) in [5.41, 5.74) is 1.29. The maximum atomic E-state index is 14.9. The summed E-state index contributed by atoms with van der Waals surface area (Å²) >= 11 is 0. The van der Waals surface area contributed by atoms with E-state index in [1.807, 2.05) is 13.0 Å². The van der Waals surface area contributed by atoms with E-state index >= 15 is 0 Å². The number of halogens is 1. The molecule has 1 N–H and O–H groups in total. The average Bonchev–Trinajstić information content (AvgIpc) is 2.73. The van der Waals surface area contributed by atoms with Crippen molar-refractivity contribution < 1.29 is 14.3 Å². The number of rotatable bonds is 0. The fourth-order valence-corrected chi connectivity index (χ4v) is 5.88. The molecule has 4 rings (SSSR count). The number of aliphatic hydroxyl groups excluding tert-OH is 1. The molecule has 0 spiro atoms. The quantitative estimate of drug-likeness (QED) is 0.691. The van der Waals surface area contributed by atoms with Crippen LogP contribution in [-0.4, -0.2) is 23.2 Å². The van der Waals surface area contributed by atoms with Crippen LogP contribution in [0.15, 0.2) is 35.5 Å². The summed E-state index contributed by atoms with van der Waals surface area (Å²) in [6.07, 6.45) is 8.10. The predicted octanol–water partition coefficient (Wildman–Crippen LogP) is 3.77. The Morgan fingerprint density at radius 3 is 2.74 bits per heavy atom. The molecule has 2 fully saturated rings. The van der Waals surface area contributed by atoms with Crippen molar-refractivity contribution in [3.05, 3.63) is 35.5 Å². The normalized spacial score (nSPS) is 51.5. The molecule has 0 bridgehead atoms. The fraction of sp³-hybridized carbons (Fsp3) is 0.650. The number of alkyl halides is 1. The van der Waals surface area contributed by atoms with E-state index < -0.39 is 11.6 Å². The first-order valence-corrected chi connectivity index (χ1v) is 8.75. The van der Waals surface area contributed by atoms with E-state index in [2.05, 4.69) is 19.9 Å². The minimum absolute atomic E-state index is 0.107. The SMILES string of the molecule is C[C@@H]1C[C@H]2[C@@H]3C[C@H](F)C4=CC(=O)C=C[C@]4(C)C3=CC[C@]2(C)[C@@H]1O. The van der Waals surface area contributed by atoms with Crippen molar-refractivity contribution in [2.45, 2.75) is 52.3 Å². The van der Waals surface area contributed by atoms with Gasteiger partial charge in [-0.15, -0.1) is 0 Å². The van der Waals surface area contributed by atoms with Gasteiger partial charge in [0.05, 0.1) is 6.10 Å². The minimum Gasteiger partial charge on any atom is -0.392 e. The number of carbonyl (C=O) groups excluding carboxylic acids is 1. The third kappa shape index (κ3) is 1.86. The Kier molecular flexibility index (Phi) is 3.10. The van der Waals surface area contributed by atoms with Gasteiger partial charge in [-0.2, -0.15) is 0 Å². The molecule has 0 aliphatic heterocycles. The summed E-state index contributed by atoms with van der Waals surface area (Å²) in [5.74, 6) is 0.660. The summed E-state index contributed by atoms with van der Waals surface area (Å²) in [7, 11) is 0. The lowest BCUT2D eigenvalue weighted by Crippen LogP contribution is -2.47. The van der Waals surface area contributed by atoms with E-state index in [1.54, 1.807) is 6.08 Å². The Labute approximate surface area is 137 Å². The van der Waals surface area contributed by atoms with Crippen LogP contribution in [0.3, 0.4) is 0 Å². The van der Waals surface area contributed by atoms with Crippen LogP contribution in [0, 0.1) is 28.6 Å². The maximum absolute atomic E-state index is 14.9. The van der Waals surface area contributed by atoms with Crippen LogP contribution < -0.4 is 0 Å². The number of ketones is 1. The Balaban J connectivity index is 1.81. The molecule has 0 aromatic rings. The number of hydrogen-bond donors (Lipinski definition) is 1. The van der Waals surface area contributed by atoms with Gasteiger partial charge in [-0.05, 0) is 61.7 Å². The van der Waals surface area contributed by atoms with Gasteiger partial charge in [0.1, 0.15) is 6.17 Å². The number of carbonyl (C=O) groups is 1. The molecule has 4 aliphatic rings. The van der Waals surface area contributed by atoms with E-state index in [-0.39, 0.29) is 29.1 Å². The first-order chi connectivity index (χ1) is 10.8. The molecule has 3 heteroatoms. The molecule has 23 heavy (non-hydrogen) atoms. The van der Waals surface area contributed by atoms with E-state index in [4.69, 9.17) is 0 Å². The third-order valence-electron chi connectivity index (χ3n) is 7.21. The number of aliphatic hydroxyl groups is 1. The predicted molar refractivity (Wildman–Crippen MR) is 87.4 cm³/mol. The van der Waals surface area contributed by atoms with Gasteiger partial charge in [0.25, 0.3) is 0 Å². The van der Waals surface area contributed by atoms with E-state index in [0.717, 1.165) is 12.8 Å². The molecule has 0 radical (unpaired) electrons. The maximum Gasteiger partial charge on any atom is 0.178 e. The molecule has 2 nitrogen and oxygen atoms in total. The van der Waals surface area contributed by atoms with Crippen LogP contribution >= 0.6 is 0 Å². The number of fused-ring (bicyclic) bond motifs is 5. The molecule has 0 unspecified atom stereocenters. The molecule has 0 heterocycles. The summed E-state index contributed by atoms with van der Waals surface area (Å²) in [5, 5.41) is 10.6. The Morgan fingerprint density at radius 2 is 2.00 bits per heavy atom. The smallest absolute Gasteiger partial charge is 0.178 e. The molecule has 0 amide bonds. The largest absolute Gasteiger partial charge is 0.392 e. The van der Waals surface area contributed by atoms with Crippen molar-refractivity contribution in [3.63, 3.8) is 0 Å². The molecule has 0 aromatic heterocycles. The van der Waals surface area contributed by atoms with E-state index in [0.29, 0.717) is 17.9 Å². The van der Waals surface area contributed by atoms with Crippen LogP contribution in [0.4, 0.5) is 4.39 Å². The lowest BCUT2D eigenvalue weighted by atomic mass is 9.52. The van der Waals surface area contributed by atoms with Gasteiger partial charge < -0.3 is 5.11 Å². The van der Waals surface area contributed by atoms with E-state index in [9.17, 15) is 14.3 Å². The molecule has 7 atom stereocenters. The zero-order valence-electron chi connectivity index (χ0n) is 14.1. The molecule has 0 aromatic carbocycles. The highest BCUT2D eigenvalue weighted by atomic mass is 19.1. The molecule has 124 valence electrons. The fourth-order valence-electron chi connectivity index (χ4n) is 5.88. The van der Waals surface area contributed by atoms with Crippen molar-refractivity contribution in [2.75, 3.05) is 0 Å². The molecular weight excluding hydrogens is 291 g/mol. The highest BCUT2D eigenvalue weighted by molar-refractivity contribution is 6.01. The molecule has 2 saturated carbocycles. The standard InChI is InChI=1S/C20H25FO2/c1-11-8-15-13-10-17(21)16-9-12(22)4-6-19(16,2)14(13)5-7-20(15,3)18(11)23/h4-6,9,11,13,15,17-18,23H,7-8,10H2,1-3H3/t11-,13-,15+,17+,18-,19-,20+/m1/s1. The second-order valence-electron chi connectivity index (χ2n) is 8.48. The average molecular weight is 316 g/mol. The zero-order chi connectivity index (χ0) is 16.6. The lowest BCUT2D eigenvalue weighted by Gasteiger charge is -2.52. The van der Waals surface area contributed by atoms with Gasteiger partial charge >= 0.3 is 0 Å². The van der Waals surface area contributed by atoms with Crippen molar-refractivity contribution in [1.29, 1.82) is 0 Å². The van der Waals surface area contributed by atoms with Crippen molar-refractivity contribution in [3.8, 4) is 0 Å². The van der Waals surface area contributed by atoms with Crippen LogP contribution in [0.1, 0.15) is 40.0 Å². The van der Waals surface area contributed by atoms with Gasteiger partial charge in [0.2, 0.25) is 0 Å². The van der Waals surface area contributed by atoms with Crippen molar-refractivity contribution in [2.24, 2.45) is 28.6 Å². The second-order valence-corrected chi connectivity index (χ2v) is 8.48. The third-order valence-corrected chi connectivity index (χ3v) is 7.21. The van der Waals surface area contributed by atoms with Gasteiger partial charge in [-0.25, -0.2) is 4.39 Å². The highest BCUT2D eigenvalue weighted by Crippen LogP contribution is 2.63. The zero-order valence-corrected chi connectivity index (χ0v) is 14.1. The van der Waals surface area contributed by atoms with Crippen LogP contribution in [0.5, 0.6) is 0 Å². The number of hydrogen-bond acceptors (Lipinski definition) is 2. The van der Waals surface area contributed by atoms with E-state index in [1.165, 1.54) is 11.6 Å². The first-order valence-electron chi connectivity index (χ1n) is 8.75. The van der Waals surface area contributed by atoms with Gasteiger partial charge in [0.15, 0.2) is 5.78 Å². The summed E-state index contributed by atoms with van der Waals surface area (Å²) in [4.78, 5) is 11.7. The Morgan fingerprint density at radius 1 is 1.26 bits per heavy atom. The van der Waals surface area contributed by atoms with Crippen molar-refractivity contribution in [1.82, 2.24) is 0 Å². The van der Waals surface area contributed by atoms with Crippen molar-refractivity contribution >= 4 is 5.78 Å². The minimum atomic E-state index is -1.06. The highest BCUT2D eigenvalue weighted by Gasteiger charge is 2.58. The number of allylic oxidation sites excluding steroid dienone is 6. The van der Waals surface area contributed by atoms with Crippen LogP contribution in [0.2, 0.25) is 0 Å². The lowest BCUT2D eigenvalue weighted by molar-refractivity contribution is -0.110.